The first-order valence-electron chi connectivity index (χ1n) is 9.21. The van der Waals surface area contributed by atoms with Crippen LogP contribution < -0.4 is 4.74 Å². The van der Waals surface area contributed by atoms with E-state index < -0.39 is 0 Å². The van der Waals surface area contributed by atoms with Crippen LogP contribution in [-0.4, -0.2) is 23.5 Å². The summed E-state index contributed by atoms with van der Waals surface area (Å²) in [5, 5.41) is 0. The van der Waals surface area contributed by atoms with Crippen LogP contribution in [0.25, 0.3) is 0 Å². The van der Waals surface area contributed by atoms with Gasteiger partial charge in [0, 0.05) is 12.6 Å². The van der Waals surface area contributed by atoms with Gasteiger partial charge in [0.05, 0.1) is 0 Å². The van der Waals surface area contributed by atoms with Gasteiger partial charge in [-0.3, -0.25) is 4.79 Å². The van der Waals surface area contributed by atoms with E-state index in [1.54, 1.807) is 12.1 Å². The molecular weight excluding hydrogens is 329 g/mol. The molecule has 0 atom stereocenters. The third kappa shape index (κ3) is 4.63. The molecule has 2 aromatic carbocycles. The Bertz CT molecular complexity index is 766. The van der Waals surface area contributed by atoms with Gasteiger partial charge < -0.3 is 9.64 Å². The molecule has 1 amide bonds. The summed E-state index contributed by atoms with van der Waals surface area (Å²) in [7, 11) is 0. The maximum absolute atomic E-state index is 13.1. The van der Waals surface area contributed by atoms with E-state index in [9.17, 15) is 9.18 Å². The summed E-state index contributed by atoms with van der Waals surface area (Å²) in [5.74, 6) is 0.834. The van der Waals surface area contributed by atoms with E-state index in [4.69, 9.17) is 4.74 Å². The molecule has 3 nitrogen and oxygen atoms in total. The highest BCUT2D eigenvalue weighted by Gasteiger charge is 2.32. The van der Waals surface area contributed by atoms with Crippen LogP contribution in [0.2, 0.25) is 0 Å². The highest BCUT2D eigenvalue weighted by atomic mass is 19.1. The van der Waals surface area contributed by atoms with Gasteiger partial charge in [-0.2, -0.15) is 0 Å². The van der Waals surface area contributed by atoms with Crippen molar-refractivity contribution in [3.63, 3.8) is 0 Å². The molecule has 1 fully saturated rings. The monoisotopic (exact) mass is 355 g/mol. The van der Waals surface area contributed by atoms with E-state index >= 15 is 0 Å². The Kier molecular flexibility index (Phi) is 5.60. The van der Waals surface area contributed by atoms with E-state index in [2.05, 4.69) is 26.0 Å². The van der Waals surface area contributed by atoms with Crippen LogP contribution in [0.4, 0.5) is 4.39 Å². The summed E-state index contributed by atoms with van der Waals surface area (Å²) in [6.45, 7) is 6.78. The molecule has 0 radical (unpaired) electrons. The third-order valence-electron chi connectivity index (χ3n) is 4.72. The Balaban J connectivity index is 1.67. The molecule has 1 saturated carbocycles. The maximum atomic E-state index is 13.1. The van der Waals surface area contributed by atoms with Crippen molar-refractivity contribution in [3.05, 3.63) is 65.0 Å². The SMILES string of the molecule is Cc1ccc(C(C)C)c(OCC(=O)N(Cc2ccc(F)cc2)C2CC2)c1. The molecular formula is C22H26FNO2. The number of ether oxygens (including phenoxy) is 1. The van der Waals surface area contributed by atoms with E-state index in [1.165, 1.54) is 12.1 Å². The molecule has 26 heavy (non-hydrogen) atoms. The van der Waals surface area contributed by atoms with Gasteiger partial charge in [0.1, 0.15) is 11.6 Å². The molecule has 0 bridgehead atoms. The van der Waals surface area contributed by atoms with Crippen LogP contribution in [0.5, 0.6) is 5.75 Å². The van der Waals surface area contributed by atoms with Gasteiger partial charge in [-0.15, -0.1) is 0 Å². The van der Waals surface area contributed by atoms with Gasteiger partial charge in [0.25, 0.3) is 5.91 Å². The first-order valence-corrected chi connectivity index (χ1v) is 9.21. The van der Waals surface area contributed by atoms with Crippen molar-refractivity contribution in [1.29, 1.82) is 0 Å². The number of hydrogen-bond acceptors (Lipinski definition) is 2. The van der Waals surface area contributed by atoms with Crippen molar-refractivity contribution in [1.82, 2.24) is 4.90 Å². The van der Waals surface area contributed by atoms with Gasteiger partial charge in [0.15, 0.2) is 6.61 Å². The fraction of sp³-hybridized carbons (Fsp3) is 0.409. The molecule has 1 aliphatic rings. The minimum absolute atomic E-state index is 0.0203. The fourth-order valence-corrected chi connectivity index (χ4v) is 3.06. The normalized spacial score (nSPS) is 13.7. The Hall–Kier alpha value is -2.36. The number of halogens is 1. The Labute approximate surface area is 154 Å². The lowest BCUT2D eigenvalue weighted by Gasteiger charge is -2.23. The second kappa shape index (κ2) is 7.90. The Morgan fingerprint density at radius 3 is 2.50 bits per heavy atom. The lowest BCUT2D eigenvalue weighted by atomic mass is 10.0. The molecule has 0 N–H and O–H groups in total. The predicted octanol–water partition coefficient (Wildman–Crippen LogP) is 4.83. The summed E-state index contributed by atoms with van der Waals surface area (Å²) >= 11 is 0. The Morgan fingerprint density at radius 2 is 1.88 bits per heavy atom. The molecule has 0 aliphatic heterocycles. The fourth-order valence-electron chi connectivity index (χ4n) is 3.06. The van der Waals surface area contributed by atoms with Crippen molar-refractivity contribution in [2.75, 3.05) is 6.61 Å². The zero-order valence-electron chi connectivity index (χ0n) is 15.7. The van der Waals surface area contributed by atoms with Crippen molar-refractivity contribution in [2.24, 2.45) is 0 Å². The second-order valence-electron chi connectivity index (χ2n) is 7.36. The number of benzene rings is 2. The lowest BCUT2D eigenvalue weighted by Crippen LogP contribution is -2.36. The summed E-state index contributed by atoms with van der Waals surface area (Å²) < 4.78 is 19.0. The van der Waals surface area contributed by atoms with Crippen molar-refractivity contribution in [3.8, 4) is 5.75 Å². The van der Waals surface area contributed by atoms with E-state index in [1.807, 2.05) is 17.9 Å². The van der Waals surface area contributed by atoms with Gasteiger partial charge in [0.2, 0.25) is 0 Å². The van der Waals surface area contributed by atoms with Crippen molar-refractivity contribution in [2.45, 2.75) is 52.1 Å². The highest BCUT2D eigenvalue weighted by Crippen LogP contribution is 2.30. The second-order valence-corrected chi connectivity index (χ2v) is 7.36. The van der Waals surface area contributed by atoms with Gasteiger partial charge >= 0.3 is 0 Å². The van der Waals surface area contributed by atoms with Crippen LogP contribution in [0.15, 0.2) is 42.5 Å². The number of aryl methyl sites for hydroxylation is 1. The molecule has 138 valence electrons. The van der Waals surface area contributed by atoms with E-state index in [0.717, 1.165) is 35.3 Å². The number of rotatable bonds is 7. The first-order chi connectivity index (χ1) is 12.4. The van der Waals surface area contributed by atoms with E-state index in [-0.39, 0.29) is 24.4 Å². The zero-order valence-corrected chi connectivity index (χ0v) is 15.7. The lowest BCUT2D eigenvalue weighted by molar-refractivity contribution is -0.134. The summed E-state index contributed by atoms with van der Waals surface area (Å²) in [4.78, 5) is 14.6. The van der Waals surface area contributed by atoms with Crippen LogP contribution in [0, 0.1) is 12.7 Å². The molecule has 0 spiro atoms. The van der Waals surface area contributed by atoms with Crippen LogP contribution in [0.3, 0.4) is 0 Å². The van der Waals surface area contributed by atoms with Gasteiger partial charge in [-0.05, 0) is 60.6 Å². The van der Waals surface area contributed by atoms with Crippen molar-refractivity contribution >= 4 is 5.91 Å². The standard InChI is InChI=1S/C22H26FNO2/c1-15(2)20-11-4-16(3)12-21(20)26-14-22(25)24(19-9-10-19)13-17-5-7-18(23)8-6-17/h4-8,11-12,15,19H,9-10,13-14H2,1-3H3. The van der Waals surface area contributed by atoms with Crippen LogP contribution in [0.1, 0.15) is 49.3 Å². The quantitative estimate of drug-likeness (QED) is 0.712. The number of nitrogens with zero attached hydrogens (tertiary/aromatic N) is 1. The predicted molar refractivity (Wildman–Crippen MR) is 101 cm³/mol. The molecule has 0 saturated heterocycles. The summed E-state index contributed by atoms with van der Waals surface area (Å²) in [5.41, 5.74) is 3.16. The van der Waals surface area contributed by atoms with Crippen LogP contribution >= 0.6 is 0 Å². The maximum Gasteiger partial charge on any atom is 0.261 e. The topological polar surface area (TPSA) is 29.5 Å². The van der Waals surface area contributed by atoms with E-state index in [0.29, 0.717) is 12.5 Å². The number of hydrogen-bond donors (Lipinski definition) is 0. The molecule has 3 rings (SSSR count). The van der Waals surface area contributed by atoms with Gasteiger partial charge in [-0.25, -0.2) is 4.39 Å². The molecule has 2 aromatic rings. The average molecular weight is 355 g/mol. The zero-order chi connectivity index (χ0) is 18.7. The number of carbonyl (C=O) groups excluding carboxylic acids is 1. The Morgan fingerprint density at radius 1 is 1.19 bits per heavy atom. The molecule has 4 heteroatoms. The smallest absolute Gasteiger partial charge is 0.261 e. The third-order valence-corrected chi connectivity index (χ3v) is 4.72. The number of carbonyl (C=O) groups is 1. The van der Waals surface area contributed by atoms with Crippen molar-refractivity contribution < 1.29 is 13.9 Å². The number of amides is 1. The highest BCUT2D eigenvalue weighted by molar-refractivity contribution is 5.78. The summed E-state index contributed by atoms with van der Waals surface area (Å²) in [6.07, 6.45) is 2.04. The molecule has 0 heterocycles. The van der Waals surface area contributed by atoms with Gasteiger partial charge in [-0.1, -0.05) is 38.1 Å². The van der Waals surface area contributed by atoms with Crippen LogP contribution in [-0.2, 0) is 11.3 Å². The molecule has 1 aliphatic carbocycles. The first kappa shape index (κ1) is 18.4. The molecule has 0 unspecified atom stereocenters. The minimum Gasteiger partial charge on any atom is -0.483 e. The largest absolute Gasteiger partial charge is 0.483 e. The minimum atomic E-state index is -0.262. The summed E-state index contributed by atoms with van der Waals surface area (Å²) in [6, 6.07) is 12.7. The molecule has 0 aromatic heterocycles. The average Bonchev–Trinajstić information content (AvgIpc) is 3.44.